The van der Waals surface area contributed by atoms with Crippen LogP contribution in [-0.4, -0.2) is 42.5 Å². The van der Waals surface area contributed by atoms with E-state index in [1.165, 1.54) is 25.5 Å². The van der Waals surface area contributed by atoms with Gasteiger partial charge in [0.1, 0.15) is 5.82 Å². The van der Waals surface area contributed by atoms with Crippen LogP contribution in [0.2, 0.25) is 0 Å². The maximum absolute atomic E-state index is 13.4. The first-order valence-corrected chi connectivity index (χ1v) is 7.66. The third kappa shape index (κ3) is 3.57. The van der Waals surface area contributed by atoms with Gasteiger partial charge >= 0.3 is 0 Å². The second kappa shape index (κ2) is 6.20. The second-order valence-electron chi connectivity index (χ2n) is 6.14. The summed E-state index contributed by atoms with van der Waals surface area (Å²) in [4.78, 5) is 4.99. The highest BCUT2D eigenvalue weighted by Crippen LogP contribution is 2.30. The highest BCUT2D eigenvalue weighted by Gasteiger charge is 2.26. The van der Waals surface area contributed by atoms with Crippen molar-refractivity contribution in [3.63, 3.8) is 0 Å². The number of benzene rings is 1. The predicted molar refractivity (Wildman–Crippen MR) is 78.7 cm³/mol. The Morgan fingerprint density at radius 2 is 1.75 bits per heavy atom. The van der Waals surface area contributed by atoms with Crippen molar-refractivity contribution in [2.45, 2.75) is 25.9 Å². The van der Waals surface area contributed by atoms with Gasteiger partial charge in [0.2, 0.25) is 0 Å². The molecular weight excluding hydrogens is 253 g/mol. The SMILES string of the molecule is NCc1ccc(F)cc1CN1CCN(CC2CC2)CC1. The van der Waals surface area contributed by atoms with Crippen LogP contribution in [0, 0.1) is 11.7 Å². The fourth-order valence-corrected chi connectivity index (χ4v) is 2.98. The molecule has 110 valence electrons. The zero-order valence-corrected chi connectivity index (χ0v) is 12.0. The van der Waals surface area contributed by atoms with Crippen LogP contribution >= 0.6 is 0 Å². The Labute approximate surface area is 120 Å². The Morgan fingerprint density at radius 1 is 1.05 bits per heavy atom. The van der Waals surface area contributed by atoms with E-state index in [1.54, 1.807) is 6.07 Å². The summed E-state index contributed by atoms with van der Waals surface area (Å²) >= 11 is 0. The summed E-state index contributed by atoms with van der Waals surface area (Å²) in [5.41, 5.74) is 7.85. The molecule has 3 nitrogen and oxygen atoms in total. The molecule has 0 amide bonds. The molecule has 2 fully saturated rings. The highest BCUT2D eigenvalue weighted by atomic mass is 19.1. The van der Waals surface area contributed by atoms with E-state index < -0.39 is 0 Å². The van der Waals surface area contributed by atoms with Crippen LogP contribution in [0.3, 0.4) is 0 Å². The molecule has 0 radical (unpaired) electrons. The fourth-order valence-electron chi connectivity index (χ4n) is 2.98. The number of rotatable bonds is 5. The molecule has 2 N–H and O–H groups in total. The molecule has 1 saturated heterocycles. The summed E-state index contributed by atoms with van der Waals surface area (Å²) in [6, 6.07) is 4.95. The molecule has 1 aromatic carbocycles. The van der Waals surface area contributed by atoms with Crippen LogP contribution in [0.25, 0.3) is 0 Å². The van der Waals surface area contributed by atoms with Crippen molar-refractivity contribution < 1.29 is 4.39 Å². The van der Waals surface area contributed by atoms with Gasteiger partial charge in [-0.05, 0) is 42.0 Å². The van der Waals surface area contributed by atoms with Crippen LogP contribution in [0.1, 0.15) is 24.0 Å². The molecule has 20 heavy (non-hydrogen) atoms. The lowest BCUT2D eigenvalue weighted by molar-refractivity contribution is 0.123. The summed E-state index contributed by atoms with van der Waals surface area (Å²) in [7, 11) is 0. The molecule has 4 heteroatoms. The van der Waals surface area contributed by atoms with Crippen LogP contribution in [-0.2, 0) is 13.1 Å². The van der Waals surface area contributed by atoms with Crippen molar-refractivity contribution in [2.75, 3.05) is 32.7 Å². The molecule has 0 aromatic heterocycles. The summed E-state index contributed by atoms with van der Waals surface area (Å²) in [6.45, 7) is 7.02. The van der Waals surface area contributed by atoms with Crippen molar-refractivity contribution in [1.29, 1.82) is 0 Å². The van der Waals surface area contributed by atoms with Crippen LogP contribution in [0.5, 0.6) is 0 Å². The van der Waals surface area contributed by atoms with E-state index in [2.05, 4.69) is 9.80 Å². The molecule has 1 heterocycles. The van der Waals surface area contributed by atoms with Gasteiger partial charge in [-0.15, -0.1) is 0 Å². The quantitative estimate of drug-likeness (QED) is 0.891. The zero-order valence-electron chi connectivity index (χ0n) is 12.0. The number of nitrogens with zero attached hydrogens (tertiary/aromatic N) is 2. The minimum absolute atomic E-state index is 0.162. The van der Waals surface area contributed by atoms with E-state index in [0.29, 0.717) is 6.54 Å². The Bertz CT molecular complexity index is 451. The maximum atomic E-state index is 13.4. The minimum atomic E-state index is -0.162. The molecule has 1 aliphatic heterocycles. The molecule has 0 atom stereocenters. The summed E-state index contributed by atoms with van der Waals surface area (Å²) < 4.78 is 13.4. The standard InChI is InChI=1S/C16H24FN3/c17-16-4-3-14(10-18)15(9-16)12-20-7-5-19(6-8-20)11-13-1-2-13/h3-4,9,13H,1-2,5-8,10-12,18H2. The number of hydrogen-bond acceptors (Lipinski definition) is 3. The smallest absolute Gasteiger partial charge is 0.123 e. The van der Waals surface area contributed by atoms with E-state index in [9.17, 15) is 4.39 Å². The van der Waals surface area contributed by atoms with Crippen LogP contribution in [0.15, 0.2) is 18.2 Å². The van der Waals surface area contributed by atoms with Gasteiger partial charge in [0.25, 0.3) is 0 Å². The van der Waals surface area contributed by atoms with Gasteiger partial charge in [0.05, 0.1) is 0 Å². The summed E-state index contributed by atoms with van der Waals surface area (Å²) in [6.07, 6.45) is 2.84. The first-order chi connectivity index (χ1) is 9.74. The molecular formula is C16H24FN3. The number of halogens is 1. The molecule has 1 saturated carbocycles. The van der Waals surface area contributed by atoms with E-state index >= 15 is 0 Å². The first kappa shape index (κ1) is 14.0. The normalized spacial score (nSPS) is 21.3. The Morgan fingerprint density at radius 3 is 2.40 bits per heavy atom. The Hall–Kier alpha value is -0.970. The van der Waals surface area contributed by atoms with Crippen LogP contribution < -0.4 is 5.73 Å². The van der Waals surface area contributed by atoms with E-state index in [-0.39, 0.29) is 5.82 Å². The van der Waals surface area contributed by atoms with Crippen molar-refractivity contribution in [2.24, 2.45) is 11.7 Å². The van der Waals surface area contributed by atoms with Gasteiger partial charge in [-0.3, -0.25) is 4.90 Å². The van der Waals surface area contributed by atoms with Crippen molar-refractivity contribution >= 4 is 0 Å². The molecule has 1 aromatic rings. The second-order valence-corrected chi connectivity index (χ2v) is 6.14. The summed E-state index contributed by atoms with van der Waals surface area (Å²) in [5.74, 6) is 0.804. The molecule has 0 bridgehead atoms. The Kier molecular flexibility index (Phi) is 4.34. The van der Waals surface area contributed by atoms with Gasteiger partial charge in [-0.2, -0.15) is 0 Å². The fraction of sp³-hybridized carbons (Fsp3) is 0.625. The molecule has 0 spiro atoms. The van der Waals surface area contributed by atoms with Crippen molar-refractivity contribution in [1.82, 2.24) is 9.80 Å². The van der Waals surface area contributed by atoms with Crippen molar-refractivity contribution in [3.05, 3.63) is 35.1 Å². The first-order valence-electron chi connectivity index (χ1n) is 7.66. The third-order valence-corrected chi connectivity index (χ3v) is 4.46. The van der Waals surface area contributed by atoms with Gasteiger partial charge in [-0.25, -0.2) is 4.39 Å². The van der Waals surface area contributed by atoms with E-state index in [4.69, 9.17) is 5.73 Å². The monoisotopic (exact) mass is 277 g/mol. The predicted octanol–water partition coefficient (Wildman–Crippen LogP) is 1.81. The lowest BCUT2D eigenvalue weighted by atomic mass is 10.1. The number of nitrogens with two attached hydrogens (primary N) is 1. The topological polar surface area (TPSA) is 32.5 Å². The lowest BCUT2D eigenvalue weighted by Gasteiger charge is -2.35. The largest absolute Gasteiger partial charge is 0.326 e. The molecule has 2 aliphatic rings. The minimum Gasteiger partial charge on any atom is -0.326 e. The average molecular weight is 277 g/mol. The van der Waals surface area contributed by atoms with Gasteiger partial charge in [0.15, 0.2) is 0 Å². The summed E-state index contributed by atoms with van der Waals surface area (Å²) in [5, 5.41) is 0. The van der Waals surface area contributed by atoms with Gasteiger partial charge in [-0.1, -0.05) is 6.07 Å². The number of hydrogen-bond donors (Lipinski definition) is 1. The van der Waals surface area contributed by atoms with Crippen molar-refractivity contribution in [3.8, 4) is 0 Å². The van der Waals surface area contributed by atoms with Crippen LogP contribution in [0.4, 0.5) is 4.39 Å². The number of piperazine rings is 1. The maximum Gasteiger partial charge on any atom is 0.123 e. The van der Waals surface area contributed by atoms with E-state index in [0.717, 1.165) is 49.8 Å². The molecule has 1 aliphatic carbocycles. The zero-order chi connectivity index (χ0) is 13.9. The van der Waals surface area contributed by atoms with Gasteiger partial charge in [0, 0.05) is 45.8 Å². The Balaban J connectivity index is 1.54. The third-order valence-electron chi connectivity index (χ3n) is 4.46. The lowest BCUT2D eigenvalue weighted by Crippen LogP contribution is -2.46. The molecule has 0 unspecified atom stereocenters. The highest BCUT2D eigenvalue weighted by molar-refractivity contribution is 5.27. The average Bonchev–Trinajstić information content (AvgIpc) is 3.25. The molecule has 3 rings (SSSR count). The van der Waals surface area contributed by atoms with Gasteiger partial charge < -0.3 is 10.6 Å². The van der Waals surface area contributed by atoms with E-state index in [1.807, 2.05) is 6.07 Å².